The van der Waals surface area contributed by atoms with Crippen molar-refractivity contribution >= 4 is 0 Å². The van der Waals surface area contributed by atoms with E-state index in [0.29, 0.717) is 12.0 Å². The van der Waals surface area contributed by atoms with Crippen molar-refractivity contribution in [3.8, 4) is 0 Å². The molecule has 0 heterocycles. The van der Waals surface area contributed by atoms with Crippen LogP contribution < -0.4 is 0 Å². The van der Waals surface area contributed by atoms with Crippen LogP contribution in [-0.2, 0) is 0 Å². The van der Waals surface area contributed by atoms with Crippen molar-refractivity contribution < 1.29 is 9.50 Å². The lowest BCUT2D eigenvalue weighted by molar-refractivity contribution is 0.176. The highest BCUT2D eigenvalue weighted by Crippen LogP contribution is 2.28. The van der Waals surface area contributed by atoms with Crippen LogP contribution >= 0.6 is 0 Å². The van der Waals surface area contributed by atoms with Gasteiger partial charge in [0.25, 0.3) is 0 Å². The van der Waals surface area contributed by atoms with Crippen LogP contribution in [0.4, 0.5) is 4.39 Å². The van der Waals surface area contributed by atoms with Gasteiger partial charge in [0.2, 0.25) is 0 Å². The van der Waals surface area contributed by atoms with Crippen molar-refractivity contribution in [1.82, 2.24) is 0 Å². The summed E-state index contributed by atoms with van der Waals surface area (Å²) < 4.78 is 13.1. The van der Waals surface area contributed by atoms with Gasteiger partial charge < -0.3 is 5.11 Å². The van der Waals surface area contributed by atoms with E-state index in [9.17, 15) is 9.50 Å². The van der Waals surface area contributed by atoms with Crippen LogP contribution in [0.5, 0.6) is 0 Å². The lowest BCUT2D eigenvalue weighted by atomic mass is 9.92. The Morgan fingerprint density at radius 1 is 1.35 bits per heavy atom. The SMILES string of the molecule is Cc1cc(C(O)CC2=CCCCC2)ccc1F. The molecule has 0 spiro atoms. The first-order valence-corrected chi connectivity index (χ1v) is 6.29. The second kappa shape index (κ2) is 5.46. The first-order chi connectivity index (χ1) is 8.16. The number of benzene rings is 1. The summed E-state index contributed by atoms with van der Waals surface area (Å²) in [6.45, 7) is 1.73. The van der Waals surface area contributed by atoms with Crippen molar-refractivity contribution in [1.29, 1.82) is 0 Å². The molecule has 0 bridgehead atoms. The number of rotatable bonds is 3. The van der Waals surface area contributed by atoms with E-state index < -0.39 is 6.10 Å². The standard InChI is InChI=1S/C15H19FO/c1-11-9-13(7-8-14(11)16)15(17)10-12-5-3-2-4-6-12/h5,7-9,15,17H,2-4,6,10H2,1H3. The van der Waals surface area contributed by atoms with Gasteiger partial charge in [-0.1, -0.05) is 23.8 Å². The van der Waals surface area contributed by atoms with Crippen molar-refractivity contribution in [3.63, 3.8) is 0 Å². The fraction of sp³-hybridized carbons (Fsp3) is 0.467. The lowest BCUT2D eigenvalue weighted by Crippen LogP contribution is -2.02. The van der Waals surface area contributed by atoms with E-state index in [1.807, 2.05) is 0 Å². The van der Waals surface area contributed by atoms with E-state index in [0.717, 1.165) is 18.4 Å². The average Bonchev–Trinajstić information content (AvgIpc) is 2.34. The Hall–Kier alpha value is -1.15. The second-order valence-electron chi connectivity index (χ2n) is 4.84. The third-order valence-corrected chi connectivity index (χ3v) is 3.41. The molecule has 1 unspecified atom stereocenters. The van der Waals surface area contributed by atoms with Gasteiger partial charge in [0, 0.05) is 0 Å². The molecule has 0 fully saturated rings. The van der Waals surface area contributed by atoms with Crippen molar-refractivity contribution in [2.75, 3.05) is 0 Å². The Morgan fingerprint density at radius 3 is 2.82 bits per heavy atom. The predicted octanol–water partition coefficient (Wildman–Crippen LogP) is 4.06. The number of halogens is 1. The van der Waals surface area contributed by atoms with Gasteiger partial charge in [-0.2, -0.15) is 0 Å². The van der Waals surface area contributed by atoms with E-state index in [1.165, 1.54) is 24.5 Å². The molecule has 0 aliphatic heterocycles. The first-order valence-electron chi connectivity index (χ1n) is 6.29. The molecule has 1 nitrogen and oxygen atoms in total. The van der Waals surface area contributed by atoms with Crippen LogP contribution in [0.3, 0.4) is 0 Å². The highest BCUT2D eigenvalue weighted by molar-refractivity contribution is 5.26. The van der Waals surface area contributed by atoms with Gasteiger partial charge >= 0.3 is 0 Å². The average molecular weight is 234 g/mol. The van der Waals surface area contributed by atoms with Gasteiger partial charge in [-0.25, -0.2) is 4.39 Å². The summed E-state index contributed by atoms with van der Waals surface area (Å²) >= 11 is 0. The molecule has 1 aliphatic rings. The van der Waals surface area contributed by atoms with E-state index in [1.54, 1.807) is 19.1 Å². The quantitative estimate of drug-likeness (QED) is 0.782. The fourth-order valence-corrected chi connectivity index (χ4v) is 2.33. The number of aliphatic hydroxyl groups excluding tert-OH is 1. The van der Waals surface area contributed by atoms with Crippen molar-refractivity contribution in [3.05, 3.63) is 46.8 Å². The smallest absolute Gasteiger partial charge is 0.126 e. The van der Waals surface area contributed by atoms with Gasteiger partial charge in [-0.15, -0.1) is 0 Å². The first kappa shape index (κ1) is 12.3. The molecule has 1 aromatic rings. The van der Waals surface area contributed by atoms with E-state index in [-0.39, 0.29) is 5.82 Å². The molecule has 2 rings (SSSR count). The lowest BCUT2D eigenvalue weighted by Gasteiger charge is -2.17. The molecule has 0 amide bonds. The number of allylic oxidation sites excluding steroid dienone is 1. The number of hydrogen-bond donors (Lipinski definition) is 1. The van der Waals surface area contributed by atoms with Crippen LogP contribution in [-0.4, -0.2) is 5.11 Å². The Morgan fingerprint density at radius 2 is 2.18 bits per heavy atom. The molecule has 0 radical (unpaired) electrons. The molecule has 92 valence electrons. The molecule has 17 heavy (non-hydrogen) atoms. The summed E-state index contributed by atoms with van der Waals surface area (Å²) in [5.74, 6) is -0.210. The Balaban J connectivity index is 2.06. The summed E-state index contributed by atoms with van der Waals surface area (Å²) in [5, 5.41) is 10.1. The minimum Gasteiger partial charge on any atom is -0.388 e. The Labute approximate surface area is 102 Å². The minimum absolute atomic E-state index is 0.210. The maximum absolute atomic E-state index is 13.1. The van der Waals surface area contributed by atoms with E-state index >= 15 is 0 Å². The van der Waals surface area contributed by atoms with E-state index in [2.05, 4.69) is 6.08 Å². The van der Waals surface area contributed by atoms with Crippen molar-refractivity contribution in [2.24, 2.45) is 0 Å². The molecule has 1 aromatic carbocycles. The zero-order valence-electron chi connectivity index (χ0n) is 10.2. The molecule has 2 heteroatoms. The Kier molecular flexibility index (Phi) is 3.95. The third kappa shape index (κ3) is 3.16. The summed E-state index contributed by atoms with van der Waals surface area (Å²) in [6, 6.07) is 4.85. The zero-order valence-corrected chi connectivity index (χ0v) is 10.2. The van der Waals surface area contributed by atoms with Crippen molar-refractivity contribution in [2.45, 2.75) is 45.1 Å². The van der Waals surface area contributed by atoms with Gasteiger partial charge in [0.15, 0.2) is 0 Å². The summed E-state index contributed by atoms with van der Waals surface area (Å²) in [7, 11) is 0. The molecular weight excluding hydrogens is 215 g/mol. The molecule has 0 saturated heterocycles. The van der Waals surface area contributed by atoms with Gasteiger partial charge in [-0.3, -0.25) is 0 Å². The third-order valence-electron chi connectivity index (χ3n) is 3.41. The number of aliphatic hydroxyl groups is 1. The molecule has 0 saturated carbocycles. The van der Waals surface area contributed by atoms with Crippen LogP contribution in [0.25, 0.3) is 0 Å². The highest BCUT2D eigenvalue weighted by atomic mass is 19.1. The largest absolute Gasteiger partial charge is 0.388 e. The second-order valence-corrected chi connectivity index (χ2v) is 4.84. The van der Waals surface area contributed by atoms with Crippen LogP contribution in [0.2, 0.25) is 0 Å². The van der Waals surface area contributed by atoms with Crippen LogP contribution in [0, 0.1) is 12.7 Å². The number of aryl methyl sites for hydroxylation is 1. The number of hydrogen-bond acceptors (Lipinski definition) is 1. The van der Waals surface area contributed by atoms with E-state index in [4.69, 9.17) is 0 Å². The minimum atomic E-state index is -0.501. The molecule has 1 atom stereocenters. The highest BCUT2D eigenvalue weighted by Gasteiger charge is 2.13. The summed E-state index contributed by atoms with van der Waals surface area (Å²) in [6.07, 6.45) is 7.13. The monoisotopic (exact) mass is 234 g/mol. The maximum atomic E-state index is 13.1. The normalized spacial score (nSPS) is 17.7. The van der Waals surface area contributed by atoms with Gasteiger partial charge in [0.1, 0.15) is 5.82 Å². The maximum Gasteiger partial charge on any atom is 0.126 e. The molecular formula is C15H19FO. The summed E-state index contributed by atoms with van der Waals surface area (Å²) in [5.41, 5.74) is 2.75. The van der Waals surface area contributed by atoms with Gasteiger partial charge in [0.05, 0.1) is 6.10 Å². The topological polar surface area (TPSA) is 20.2 Å². The Bertz CT molecular complexity index is 423. The molecule has 1 aliphatic carbocycles. The predicted molar refractivity (Wildman–Crippen MR) is 67.3 cm³/mol. The summed E-state index contributed by atoms with van der Waals surface area (Å²) in [4.78, 5) is 0. The van der Waals surface area contributed by atoms with Crippen LogP contribution in [0.1, 0.15) is 49.3 Å². The fourth-order valence-electron chi connectivity index (χ4n) is 2.33. The van der Waals surface area contributed by atoms with Crippen LogP contribution in [0.15, 0.2) is 29.8 Å². The van der Waals surface area contributed by atoms with Gasteiger partial charge in [-0.05, 0) is 56.2 Å². The molecule has 1 N–H and O–H groups in total. The molecule has 0 aromatic heterocycles. The zero-order chi connectivity index (χ0) is 12.3.